The van der Waals surface area contributed by atoms with E-state index in [1.807, 2.05) is 17.8 Å². The summed E-state index contributed by atoms with van der Waals surface area (Å²) in [6, 6.07) is 6.08. The molecular weight excluding hydrogens is 1270 g/mol. The number of carbonyl (C=O) groups is 1. The molecule has 10 heterocycles. The van der Waals surface area contributed by atoms with Gasteiger partial charge in [-0.3, -0.25) is 52.2 Å². The van der Waals surface area contributed by atoms with Crippen molar-refractivity contribution in [1.29, 1.82) is 0 Å². The molecule has 0 spiro atoms. The summed E-state index contributed by atoms with van der Waals surface area (Å²) >= 11 is 0. The van der Waals surface area contributed by atoms with Gasteiger partial charge in [-0.2, -0.15) is 9.97 Å². The Labute approximate surface area is 537 Å². The number of aliphatic hydroxyl groups excluding tert-OH is 3. The fraction of sp³-hybridized carbons (Fsp3) is 0.557. The van der Waals surface area contributed by atoms with E-state index in [4.69, 9.17) is 59.5 Å². The van der Waals surface area contributed by atoms with Gasteiger partial charge in [-0.1, -0.05) is 73.2 Å². The van der Waals surface area contributed by atoms with Crippen LogP contribution < -0.4 is 56.6 Å². The second-order valence-electron chi connectivity index (χ2n) is 23.0. The van der Waals surface area contributed by atoms with Crippen LogP contribution in [-0.2, 0) is 28.5 Å². The van der Waals surface area contributed by atoms with Gasteiger partial charge in [0.25, 0.3) is 16.7 Å². The van der Waals surface area contributed by atoms with Crippen LogP contribution in [0.5, 0.6) is 0 Å². The highest BCUT2D eigenvalue weighted by Crippen LogP contribution is 2.48. The standard InChI is InChI=1S/C13H16FN3O2.C13H15FN2O3.C12H17FN2O4.C12H15FN2O4.C11H12FN3O4/c1-4-13(5-2)8(3)10(14)11(19-13)17-7-6-9(15)16-12(17)18;1-4-13(5-2)8(3)10(14)11(19-13)16-7-6-9(17)15-12(16)18;2*1-3-12(6-16)7(2)9(13)10(19-12)15-5-4-8(17)14-11(15)18;1-2-11(5-16)8(17)7(12)9(19-11)15-4-3-6(13)14-10(15)18/h1,6-8,10-11H,5H2,2-3H3,(H2,15,16,18);1,6-8,10-11H,5H2,2-3H3,(H,15,17,18);4-5,7,9-10,16H,3,6H2,1-2H3,(H,14,17,18);4-7,9-10H,3H2,1-2H3,(H,14,17,18);1,3-4,7-9,16-17H,5H2,(H2,13,14,18)/t2*8-,10-,11+,13+;2*7-,9-,10+,12-;7-,8-,9+,11+/m00000/s1. The second-order valence-corrected chi connectivity index (χ2v) is 23.0. The van der Waals surface area contributed by atoms with E-state index < -0.39 is 172 Å². The molecule has 5 aliphatic rings. The maximum absolute atomic E-state index is 14.4. The van der Waals surface area contributed by atoms with Crippen molar-refractivity contribution in [3.8, 4) is 37.0 Å². The van der Waals surface area contributed by atoms with Gasteiger partial charge in [0.2, 0.25) is 0 Å². The number of nitrogens with one attached hydrogen (secondary N) is 3. The van der Waals surface area contributed by atoms with Crippen LogP contribution in [0.15, 0.2) is 99.7 Å². The summed E-state index contributed by atoms with van der Waals surface area (Å²) < 4.78 is 104. The highest BCUT2D eigenvalue weighted by molar-refractivity contribution is 5.64. The number of nitrogens with zero attached hydrogens (tertiary/aromatic N) is 7. The summed E-state index contributed by atoms with van der Waals surface area (Å²) in [5.74, 6) is 4.82. The van der Waals surface area contributed by atoms with Crippen molar-refractivity contribution >= 4 is 17.9 Å². The summed E-state index contributed by atoms with van der Waals surface area (Å²) in [6.45, 7) is 12.6. The molecule has 0 radical (unpaired) electrons. The van der Waals surface area contributed by atoms with E-state index in [9.17, 15) is 75.3 Å². The summed E-state index contributed by atoms with van der Waals surface area (Å²) in [5.41, 5.74) is -0.775. The molecule has 29 nitrogen and oxygen atoms in total. The molecular formula is C61H75F5N12O17. The van der Waals surface area contributed by atoms with Gasteiger partial charge < -0.3 is 55.3 Å². The number of halogens is 5. The molecule has 5 fully saturated rings. The van der Waals surface area contributed by atoms with Crippen molar-refractivity contribution in [2.75, 3.05) is 24.7 Å². The predicted molar refractivity (Wildman–Crippen MR) is 329 cm³/mol. The average Bonchev–Trinajstić information content (AvgIpc) is 1.66. The molecule has 0 unspecified atom stereocenters. The minimum absolute atomic E-state index is 0.0272. The molecule has 0 saturated carbocycles. The van der Waals surface area contributed by atoms with Crippen LogP contribution in [0.4, 0.5) is 33.6 Å². The van der Waals surface area contributed by atoms with Gasteiger partial charge in [-0.15, -0.1) is 19.3 Å². The largest absolute Gasteiger partial charge is 0.393 e. The zero-order valence-electron chi connectivity index (χ0n) is 52.7. The van der Waals surface area contributed by atoms with E-state index in [2.05, 4.69) is 31.8 Å². The Hall–Kier alpha value is -8.92. The van der Waals surface area contributed by atoms with Crippen molar-refractivity contribution in [1.82, 2.24) is 47.8 Å². The highest BCUT2D eigenvalue weighted by Gasteiger charge is 2.58. The third-order valence-electron chi connectivity index (χ3n) is 18.1. The van der Waals surface area contributed by atoms with Gasteiger partial charge in [-0.25, -0.2) is 45.9 Å². The van der Waals surface area contributed by atoms with Crippen molar-refractivity contribution < 1.29 is 65.8 Å². The number of nitrogen functional groups attached to an aromatic ring is 2. The molecule has 0 aromatic carbocycles. The van der Waals surface area contributed by atoms with E-state index >= 15 is 0 Å². The first-order valence-electron chi connectivity index (χ1n) is 29.8. The van der Waals surface area contributed by atoms with Crippen molar-refractivity contribution in [3.63, 3.8) is 0 Å². The van der Waals surface area contributed by atoms with E-state index in [0.29, 0.717) is 32.0 Å². The summed E-state index contributed by atoms with van der Waals surface area (Å²) in [7, 11) is 0. The third kappa shape index (κ3) is 14.5. The Morgan fingerprint density at radius 2 is 0.832 bits per heavy atom. The molecule has 0 bridgehead atoms. The number of aromatic nitrogens is 10. The van der Waals surface area contributed by atoms with Crippen LogP contribution in [-0.4, -0.2) is 148 Å². The van der Waals surface area contributed by atoms with Gasteiger partial charge >= 0.3 is 28.4 Å². The molecule has 0 aliphatic carbocycles. The number of hydrogen-bond donors (Lipinski definition) is 8. The number of terminal acetylenes is 3. The number of H-pyrrole nitrogens is 3. The summed E-state index contributed by atoms with van der Waals surface area (Å²) in [4.78, 5) is 116. The predicted octanol–water partition coefficient (Wildman–Crippen LogP) is 0.918. The second kappa shape index (κ2) is 30.2. The van der Waals surface area contributed by atoms with Gasteiger partial charge in [-0.05, 0) is 37.8 Å². The lowest BCUT2D eigenvalue weighted by Crippen LogP contribution is -2.44. The zero-order chi connectivity index (χ0) is 71.0. The van der Waals surface area contributed by atoms with E-state index in [1.165, 1.54) is 43.1 Å². The maximum Gasteiger partial charge on any atom is 0.351 e. The lowest BCUT2D eigenvalue weighted by molar-refractivity contribution is -0.139. The lowest BCUT2D eigenvalue weighted by atomic mass is 9.86. The molecule has 10 N–H and O–H groups in total. The fourth-order valence-corrected chi connectivity index (χ4v) is 11.5. The fourth-order valence-electron chi connectivity index (χ4n) is 11.5. The number of aldehydes is 1. The Bertz CT molecular complexity index is 4070. The topological polar surface area (TPSA) is 410 Å². The number of alkyl halides is 5. The Morgan fingerprint density at radius 3 is 1.12 bits per heavy atom. The van der Waals surface area contributed by atoms with E-state index in [0.717, 1.165) is 41.0 Å². The maximum atomic E-state index is 14.4. The highest BCUT2D eigenvalue weighted by atomic mass is 19.2. The SMILES string of the molecule is C#C[C@]1(CC)O[C@@H](n2ccc(=O)[nH]c2=O)[C@@H](F)[C@@H]1C.C#C[C@]1(CC)O[C@@H](n2ccc(N)nc2=O)[C@@H](F)[C@@H]1C.C#C[C@]1(CO)O[C@@H](n2ccc(N)nc2=O)[C@@H](F)[C@@H]1O.CC[C@@]1(C=O)O[C@@H](n2ccc(=O)[nH]c2=O)[C@@H](F)[C@@H]1C.CC[C@@]1(CO)O[C@@H](n2ccc(=O)[nH]c2=O)[C@@H](F)[C@@H]1C. The van der Waals surface area contributed by atoms with Crippen LogP contribution in [0.2, 0.25) is 0 Å². The molecule has 0 amide bonds. The van der Waals surface area contributed by atoms with E-state index in [1.54, 1.807) is 48.5 Å². The molecule has 10 rings (SSSR count). The van der Waals surface area contributed by atoms with Crippen molar-refractivity contribution in [3.05, 3.63) is 145 Å². The minimum atomic E-state index is -1.98. The van der Waals surface area contributed by atoms with Crippen LogP contribution in [0.25, 0.3) is 0 Å². The minimum Gasteiger partial charge on any atom is -0.393 e. The first kappa shape index (κ1) is 75.1. The first-order valence-corrected chi connectivity index (χ1v) is 29.8. The van der Waals surface area contributed by atoms with E-state index in [-0.39, 0.29) is 18.2 Å². The number of carbonyl (C=O) groups excluding carboxylic acids is 1. The van der Waals surface area contributed by atoms with Gasteiger partial charge in [0, 0.05) is 72.9 Å². The lowest BCUT2D eigenvalue weighted by Gasteiger charge is -2.29. The normalized spacial score (nSPS) is 34.3. The molecule has 95 heavy (non-hydrogen) atoms. The number of hydrogen-bond acceptors (Lipinski definition) is 21. The molecule has 5 saturated heterocycles. The number of aromatic amines is 3. The van der Waals surface area contributed by atoms with Gasteiger partial charge in [0.05, 0.1) is 18.8 Å². The molecule has 5 aromatic heterocycles. The smallest absolute Gasteiger partial charge is 0.351 e. The quantitative estimate of drug-likeness (QED) is 0.0489. The zero-order valence-corrected chi connectivity index (χ0v) is 52.7. The van der Waals surface area contributed by atoms with Crippen molar-refractivity contribution in [2.24, 2.45) is 23.7 Å². The molecule has 516 valence electrons. The average molecular weight is 1340 g/mol. The Kier molecular flexibility index (Phi) is 23.9. The van der Waals surface area contributed by atoms with Gasteiger partial charge in [0.1, 0.15) is 34.5 Å². The first-order chi connectivity index (χ1) is 44.7. The molecule has 20 atom stereocenters. The number of nitrogens with two attached hydrogens (primary N) is 2. The summed E-state index contributed by atoms with van der Waals surface area (Å²) in [5, 5.41) is 28.3. The molecule has 34 heteroatoms. The number of anilines is 2. The monoisotopic (exact) mass is 1340 g/mol. The van der Waals surface area contributed by atoms with Crippen LogP contribution >= 0.6 is 0 Å². The molecule has 5 aliphatic heterocycles. The molecule has 5 aromatic rings. The van der Waals surface area contributed by atoms with Crippen LogP contribution in [0, 0.1) is 60.7 Å². The van der Waals surface area contributed by atoms with Crippen LogP contribution in [0.1, 0.15) is 112 Å². The number of ether oxygens (including phenoxy) is 5. The number of rotatable bonds is 12. The van der Waals surface area contributed by atoms with Crippen molar-refractivity contribution in [2.45, 2.75) is 177 Å². The Morgan fingerprint density at radius 1 is 0.495 bits per heavy atom. The Balaban J connectivity index is 0.000000188. The summed E-state index contributed by atoms with van der Waals surface area (Å²) in [6.07, 6.45) is 8.99. The van der Waals surface area contributed by atoms with Crippen LogP contribution in [0.3, 0.4) is 0 Å². The third-order valence-corrected chi connectivity index (χ3v) is 18.1. The number of aliphatic hydroxyl groups is 3. The van der Waals surface area contributed by atoms with Gasteiger partial charge in [0.15, 0.2) is 73.9 Å².